The number of aryl methyl sites for hydroxylation is 1. The van der Waals surface area contributed by atoms with Gasteiger partial charge in [-0.3, -0.25) is 0 Å². The fourth-order valence-corrected chi connectivity index (χ4v) is 3.13. The number of aromatic nitrogens is 3. The Morgan fingerprint density at radius 1 is 1.11 bits per heavy atom. The van der Waals surface area contributed by atoms with Crippen molar-refractivity contribution in [3.63, 3.8) is 0 Å². The van der Waals surface area contributed by atoms with Crippen molar-refractivity contribution in [3.05, 3.63) is 77.8 Å². The molecular weight excluding hydrogens is 381 g/mol. The standard InChI is InChI=1S/C20H16FN3O3S/c1-13-4-2-7-17(8-13)25-11-18-23-24-20(27-18)28-12-16-10-26-19(22-16)14-5-3-6-15(21)9-14/h2-10H,11-12H2,1H3. The molecule has 0 bridgehead atoms. The molecule has 0 aliphatic carbocycles. The Kier molecular flexibility index (Phi) is 5.38. The molecule has 4 aromatic rings. The van der Waals surface area contributed by atoms with Crippen molar-refractivity contribution in [3.8, 4) is 17.2 Å². The van der Waals surface area contributed by atoms with E-state index >= 15 is 0 Å². The normalized spacial score (nSPS) is 10.9. The highest BCUT2D eigenvalue weighted by Crippen LogP contribution is 2.25. The second kappa shape index (κ2) is 8.26. The number of hydrogen-bond donors (Lipinski definition) is 0. The number of rotatable bonds is 7. The third-order valence-corrected chi connectivity index (χ3v) is 4.62. The molecule has 0 spiro atoms. The van der Waals surface area contributed by atoms with Gasteiger partial charge in [0.25, 0.3) is 11.1 Å². The van der Waals surface area contributed by atoms with Crippen LogP contribution < -0.4 is 4.74 Å². The summed E-state index contributed by atoms with van der Waals surface area (Å²) in [6.45, 7) is 2.20. The van der Waals surface area contributed by atoms with Gasteiger partial charge < -0.3 is 13.6 Å². The summed E-state index contributed by atoms with van der Waals surface area (Å²) in [5.41, 5.74) is 2.40. The summed E-state index contributed by atoms with van der Waals surface area (Å²) in [5, 5.41) is 8.39. The highest BCUT2D eigenvalue weighted by Gasteiger charge is 2.11. The average molecular weight is 397 g/mol. The minimum absolute atomic E-state index is 0.199. The number of halogens is 1. The van der Waals surface area contributed by atoms with Crippen LogP contribution in [0.2, 0.25) is 0 Å². The van der Waals surface area contributed by atoms with Crippen LogP contribution in [0.5, 0.6) is 5.75 Å². The van der Waals surface area contributed by atoms with Crippen LogP contribution in [-0.2, 0) is 12.4 Å². The number of ether oxygens (including phenoxy) is 1. The molecule has 0 aliphatic heterocycles. The van der Waals surface area contributed by atoms with Gasteiger partial charge in [0, 0.05) is 11.3 Å². The topological polar surface area (TPSA) is 74.2 Å². The lowest BCUT2D eigenvalue weighted by Gasteiger charge is -2.03. The smallest absolute Gasteiger partial charge is 0.277 e. The monoisotopic (exact) mass is 397 g/mol. The Bertz CT molecular complexity index is 1080. The van der Waals surface area contributed by atoms with Gasteiger partial charge >= 0.3 is 0 Å². The highest BCUT2D eigenvalue weighted by atomic mass is 32.2. The first-order valence-corrected chi connectivity index (χ1v) is 9.49. The van der Waals surface area contributed by atoms with Gasteiger partial charge in [-0.15, -0.1) is 10.2 Å². The molecule has 2 heterocycles. The van der Waals surface area contributed by atoms with E-state index in [9.17, 15) is 4.39 Å². The van der Waals surface area contributed by atoms with Crippen LogP contribution in [0.4, 0.5) is 4.39 Å². The van der Waals surface area contributed by atoms with Crippen molar-refractivity contribution in [2.75, 3.05) is 0 Å². The summed E-state index contributed by atoms with van der Waals surface area (Å²) < 4.78 is 29.9. The lowest BCUT2D eigenvalue weighted by molar-refractivity contribution is 0.252. The average Bonchev–Trinajstić information content (AvgIpc) is 3.34. The molecule has 0 amide bonds. The maximum atomic E-state index is 13.3. The van der Waals surface area contributed by atoms with Crippen LogP contribution in [0, 0.1) is 12.7 Å². The number of hydrogen-bond acceptors (Lipinski definition) is 7. The third kappa shape index (κ3) is 4.58. The van der Waals surface area contributed by atoms with Crippen LogP contribution >= 0.6 is 11.8 Å². The third-order valence-electron chi connectivity index (χ3n) is 3.77. The zero-order valence-electron chi connectivity index (χ0n) is 15.0. The van der Waals surface area contributed by atoms with Crippen molar-refractivity contribution in [1.29, 1.82) is 0 Å². The maximum absolute atomic E-state index is 13.3. The second-order valence-electron chi connectivity index (χ2n) is 6.01. The van der Waals surface area contributed by atoms with E-state index < -0.39 is 0 Å². The number of nitrogens with zero attached hydrogens (tertiary/aromatic N) is 3. The molecule has 2 aromatic carbocycles. The first-order chi connectivity index (χ1) is 13.7. The van der Waals surface area contributed by atoms with Gasteiger partial charge in [0.2, 0.25) is 5.89 Å². The molecule has 0 saturated heterocycles. The molecule has 4 rings (SSSR count). The van der Waals surface area contributed by atoms with Crippen LogP contribution in [0.1, 0.15) is 17.1 Å². The predicted molar refractivity (Wildman–Crippen MR) is 101 cm³/mol. The fraction of sp³-hybridized carbons (Fsp3) is 0.150. The summed E-state index contributed by atoms with van der Waals surface area (Å²) in [6, 6.07) is 13.8. The van der Waals surface area contributed by atoms with Gasteiger partial charge in [0.15, 0.2) is 6.61 Å². The zero-order valence-corrected chi connectivity index (χ0v) is 15.8. The molecular formula is C20H16FN3O3S. The highest BCUT2D eigenvalue weighted by molar-refractivity contribution is 7.98. The molecule has 28 heavy (non-hydrogen) atoms. The maximum Gasteiger partial charge on any atom is 0.277 e. The van der Waals surface area contributed by atoms with Crippen molar-refractivity contribution >= 4 is 11.8 Å². The first kappa shape index (κ1) is 18.2. The van der Waals surface area contributed by atoms with Crippen LogP contribution in [0.15, 0.2) is 68.9 Å². The molecule has 0 aliphatic rings. The van der Waals surface area contributed by atoms with Crippen LogP contribution in [-0.4, -0.2) is 15.2 Å². The fourth-order valence-electron chi connectivity index (χ4n) is 2.47. The molecule has 2 aromatic heterocycles. The van der Waals surface area contributed by atoms with Gasteiger partial charge in [-0.05, 0) is 42.8 Å². The van der Waals surface area contributed by atoms with Gasteiger partial charge in [-0.2, -0.15) is 0 Å². The number of benzene rings is 2. The minimum atomic E-state index is -0.335. The summed E-state index contributed by atoms with van der Waals surface area (Å²) in [5.74, 6) is 1.66. The second-order valence-corrected chi connectivity index (χ2v) is 6.94. The molecule has 6 nitrogen and oxygen atoms in total. The Morgan fingerprint density at radius 2 is 2.00 bits per heavy atom. The van der Waals surface area contributed by atoms with E-state index in [0.29, 0.717) is 34.0 Å². The summed E-state index contributed by atoms with van der Waals surface area (Å²) in [4.78, 5) is 4.36. The lowest BCUT2D eigenvalue weighted by atomic mass is 10.2. The minimum Gasteiger partial charge on any atom is -0.484 e. The Labute approximate surface area is 164 Å². The van der Waals surface area contributed by atoms with E-state index in [-0.39, 0.29) is 12.4 Å². The summed E-state index contributed by atoms with van der Waals surface area (Å²) in [6.07, 6.45) is 1.53. The Balaban J connectivity index is 1.32. The quantitative estimate of drug-likeness (QED) is 0.404. The van der Waals surface area contributed by atoms with Crippen LogP contribution in [0.25, 0.3) is 11.5 Å². The van der Waals surface area contributed by atoms with Gasteiger partial charge in [0.05, 0.1) is 5.69 Å². The van der Waals surface area contributed by atoms with E-state index in [4.69, 9.17) is 13.6 Å². The SMILES string of the molecule is Cc1cccc(OCc2nnc(SCc3coc(-c4cccc(F)c4)n3)o2)c1. The molecule has 0 saturated carbocycles. The van der Waals surface area contributed by atoms with Crippen molar-refractivity contribution in [2.24, 2.45) is 0 Å². The van der Waals surface area contributed by atoms with Gasteiger partial charge in [-0.1, -0.05) is 30.0 Å². The first-order valence-electron chi connectivity index (χ1n) is 8.51. The summed E-state index contributed by atoms with van der Waals surface area (Å²) in [7, 11) is 0. The van der Waals surface area contributed by atoms with Crippen molar-refractivity contribution in [2.45, 2.75) is 24.5 Å². The molecule has 0 unspecified atom stereocenters. The largest absolute Gasteiger partial charge is 0.484 e. The zero-order chi connectivity index (χ0) is 19.3. The van der Waals surface area contributed by atoms with E-state index in [1.54, 1.807) is 12.1 Å². The van der Waals surface area contributed by atoms with Crippen LogP contribution in [0.3, 0.4) is 0 Å². The molecule has 0 radical (unpaired) electrons. The van der Waals surface area contributed by atoms with Gasteiger partial charge in [-0.25, -0.2) is 9.37 Å². The summed E-state index contributed by atoms with van der Waals surface area (Å²) >= 11 is 1.34. The molecule has 8 heteroatoms. The lowest BCUT2D eigenvalue weighted by Crippen LogP contribution is -1.95. The van der Waals surface area contributed by atoms with Crippen molar-refractivity contribution in [1.82, 2.24) is 15.2 Å². The van der Waals surface area contributed by atoms with E-state index in [1.807, 2.05) is 31.2 Å². The van der Waals surface area contributed by atoms with E-state index in [0.717, 1.165) is 11.3 Å². The van der Waals surface area contributed by atoms with Crippen molar-refractivity contribution < 1.29 is 18.0 Å². The molecule has 142 valence electrons. The number of oxazole rings is 1. The van der Waals surface area contributed by atoms with E-state index in [2.05, 4.69) is 15.2 Å². The molecule has 0 fully saturated rings. The Morgan fingerprint density at radius 3 is 2.86 bits per heavy atom. The predicted octanol–water partition coefficient (Wildman–Crippen LogP) is 5.04. The molecule has 0 N–H and O–H groups in total. The number of thioether (sulfide) groups is 1. The Hall–Kier alpha value is -3.13. The van der Waals surface area contributed by atoms with Gasteiger partial charge in [0.1, 0.15) is 17.8 Å². The van der Waals surface area contributed by atoms with E-state index in [1.165, 1.54) is 30.2 Å². The molecule has 0 atom stereocenters.